The Bertz CT molecular complexity index is 1200. The first-order valence-corrected chi connectivity index (χ1v) is 10.8. The summed E-state index contributed by atoms with van der Waals surface area (Å²) in [5.74, 6) is 0.307. The molecule has 0 saturated heterocycles. The average molecular weight is 431 g/mol. The van der Waals surface area contributed by atoms with Gasteiger partial charge in [-0.15, -0.1) is 0 Å². The maximum atomic E-state index is 12.6. The van der Waals surface area contributed by atoms with E-state index in [-0.39, 0.29) is 23.1 Å². The monoisotopic (exact) mass is 430 g/mol. The zero-order valence-corrected chi connectivity index (χ0v) is 19.5. The number of hydrogen-bond acceptors (Lipinski definition) is 4. The summed E-state index contributed by atoms with van der Waals surface area (Å²) in [7, 11) is 0. The SMILES string of the molecule is CCC(=O)c1cc(C(C)=O)cc(C(C)(c2ccc(O)c(C)c2)c2cc(C)c(O)c(C)c2)c1. The molecule has 0 aromatic heterocycles. The number of carbonyl (C=O) groups is 2. The van der Waals surface area contributed by atoms with Crippen LogP contribution in [0.2, 0.25) is 0 Å². The standard InChI is InChI=1S/C28H30O4/c1-7-25(30)21-13-20(19(5)29)14-24(15-21)28(6,22-8-9-26(31)16(2)10-22)23-11-17(3)27(32)18(4)12-23/h8-15,31-32H,7H2,1-6H3. The first kappa shape index (κ1) is 23.3. The van der Waals surface area contributed by atoms with E-state index in [0.29, 0.717) is 17.5 Å². The van der Waals surface area contributed by atoms with Gasteiger partial charge in [0.1, 0.15) is 11.5 Å². The van der Waals surface area contributed by atoms with Crippen LogP contribution in [0.4, 0.5) is 0 Å². The van der Waals surface area contributed by atoms with Crippen LogP contribution in [0.15, 0.2) is 48.5 Å². The molecule has 0 aliphatic carbocycles. The van der Waals surface area contributed by atoms with E-state index in [9.17, 15) is 19.8 Å². The van der Waals surface area contributed by atoms with Crippen LogP contribution in [-0.2, 0) is 5.41 Å². The lowest BCUT2D eigenvalue weighted by atomic mass is 9.69. The number of ketones is 2. The molecule has 3 aromatic rings. The smallest absolute Gasteiger partial charge is 0.162 e. The fourth-order valence-electron chi connectivity index (χ4n) is 4.20. The number of aryl methyl sites for hydroxylation is 3. The Morgan fingerprint density at radius 3 is 1.84 bits per heavy atom. The molecule has 3 aromatic carbocycles. The number of Topliss-reactive ketones (excluding diaryl/α,β-unsaturated/α-hetero) is 2. The first-order valence-electron chi connectivity index (χ1n) is 10.8. The number of benzene rings is 3. The average Bonchev–Trinajstić information content (AvgIpc) is 2.77. The van der Waals surface area contributed by atoms with Gasteiger partial charge in [0, 0.05) is 23.0 Å². The van der Waals surface area contributed by atoms with Crippen molar-refractivity contribution in [3.8, 4) is 11.5 Å². The van der Waals surface area contributed by atoms with Gasteiger partial charge in [-0.25, -0.2) is 0 Å². The quantitative estimate of drug-likeness (QED) is 0.362. The van der Waals surface area contributed by atoms with Gasteiger partial charge in [0.2, 0.25) is 0 Å². The molecule has 0 radical (unpaired) electrons. The van der Waals surface area contributed by atoms with Crippen molar-refractivity contribution in [2.45, 2.75) is 53.4 Å². The van der Waals surface area contributed by atoms with Crippen LogP contribution in [0.5, 0.6) is 11.5 Å². The van der Waals surface area contributed by atoms with Gasteiger partial charge in [0.15, 0.2) is 11.6 Å². The third kappa shape index (κ3) is 4.05. The van der Waals surface area contributed by atoms with E-state index < -0.39 is 5.41 Å². The number of aromatic hydroxyl groups is 2. The third-order valence-electron chi connectivity index (χ3n) is 6.40. The fraction of sp³-hybridized carbons (Fsp3) is 0.286. The maximum Gasteiger partial charge on any atom is 0.162 e. The Kier molecular flexibility index (Phi) is 6.27. The van der Waals surface area contributed by atoms with Crippen molar-refractivity contribution in [2.24, 2.45) is 0 Å². The van der Waals surface area contributed by atoms with Crippen LogP contribution >= 0.6 is 0 Å². The van der Waals surface area contributed by atoms with Gasteiger partial charge >= 0.3 is 0 Å². The molecule has 0 heterocycles. The zero-order valence-electron chi connectivity index (χ0n) is 19.5. The lowest BCUT2D eigenvalue weighted by Crippen LogP contribution is -2.27. The van der Waals surface area contributed by atoms with Crippen molar-refractivity contribution in [2.75, 3.05) is 0 Å². The van der Waals surface area contributed by atoms with Crippen molar-refractivity contribution in [3.63, 3.8) is 0 Å². The summed E-state index contributed by atoms with van der Waals surface area (Å²) in [4.78, 5) is 24.9. The summed E-state index contributed by atoms with van der Waals surface area (Å²) in [6, 6.07) is 14.7. The van der Waals surface area contributed by atoms with E-state index in [1.165, 1.54) is 6.92 Å². The molecule has 0 amide bonds. The molecule has 0 bridgehead atoms. The van der Waals surface area contributed by atoms with Crippen molar-refractivity contribution in [1.82, 2.24) is 0 Å². The highest BCUT2D eigenvalue weighted by Gasteiger charge is 2.34. The van der Waals surface area contributed by atoms with Crippen LogP contribution in [-0.4, -0.2) is 21.8 Å². The van der Waals surface area contributed by atoms with E-state index in [0.717, 1.165) is 33.4 Å². The second-order valence-corrected chi connectivity index (χ2v) is 8.72. The van der Waals surface area contributed by atoms with Gasteiger partial charge in [0.05, 0.1) is 0 Å². The molecule has 4 nitrogen and oxygen atoms in total. The Labute approximate surface area is 189 Å². The van der Waals surface area contributed by atoms with Gasteiger partial charge in [-0.1, -0.05) is 31.2 Å². The van der Waals surface area contributed by atoms with Gasteiger partial charge in [0.25, 0.3) is 0 Å². The molecule has 1 atom stereocenters. The molecule has 3 rings (SSSR count). The Morgan fingerprint density at radius 2 is 1.31 bits per heavy atom. The number of hydrogen-bond donors (Lipinski definition) is 2. The molecule has 0 aliphatic heterocycles. The van der Waals surface area contributed by atoms with Crippen molar-refractivity contribution >= 4 is 11.6 Å². The summed E-state index contributed by atoms with van der Waals surface area (Å²) in [5, 5.41) is 20.5. The largest absolute Gasteiger partial charge is 0.508 e. The Hall–Kier alpha value is -3.40. The first-order chi connectivity index (χ1) is 15.0. The van der Waals surface area contributed by atoms with Crippen molar-refractivity contribution in [1.29, 1.82) is 0 Å². The van der Waals surface area contributed by atoms with Crippen LogP contribution in [0.25, 0.3) is 0 Å². The topological polar surface area (TPSA) is 74.6 Å². The maximum absolute atomic E-state index is 12.6. The van der Waals surface area contributed by atoms with Crippen LogP contribution in [0, 0.1) is 20.8 Å². The van der Waals surface area contributed by atoms with Gasteiger partial charge in [-0.05, 0) is 92.3 Å². The lowest BCUT2D eigenvalue weighted by molar-refractivity contribution is 0.0988. The van der Waals surface area contributed by atoms with Gasteiger partial charge < -0.3 is 10.2 Å². The van der Waals surface area contributed by atoms with Gasteiger partial charge in [-0.2, -0.15) is 0 Å². The molecule has 32 heavy (non-hydrogen) atoms. The zero-order chi connectivity index (χ0) is 23.8. The molecule has 2 N–H and O–H groups in total. The molecule has 4 heteroatoms. The molecule has 0 aliphatic rings. The molecule has 0 fully saturated rings. The predicted octanol–water partition coefficient (Wildman–Crippen LogP) is 6.17. The minimum absolute atomic E-state index is 0.0309. The Morgan fingerprint density at radius 1 is 0.781 bits per heavy atom. The van der Waals surface area contributed by atoms with E-state index in [1.54, 1.807) is 19.1 Å². The van der Waals surface area contributed by atoms with E-state index in [4.69, 9.17) is 0 Å². The molecular weight excluding hydrogens is 400 g/mol. The second kappa shape index (κ2) is 8.62. The highest BCUT2D eigenvalue weighted by atomic mass is 16.3. The minimum Gasteiger partial charge on any atom is -0.508 e. The predicted molar refractivity (Wildman–Crippen MR) is 127 cm³/mol. The van der Waals surface area contributed by atoms with Crippen LogP contribution < -0.4 is 0 Å². The number of rotatable bonds is 6. The summed E-state index contributed by atoms with van der Waals surface area (Å²) in [6.45, 7) is 10.9. The van der Waals surface area contributed by atoms with E-state index in [2.05, 4.69) is 0 Å². The number of phenols is 2. The third-order valence-corrected chi connectivity index (χ3v) is 6.40. The van der Waals surface area contributed by atoms with Gasteiger partial charge in [-0.3, -0.25) is 9.59 Å². The highest BCUT2D eigenvalue weighted by Crippen LogP contribution is 2.43. The van der Waals surface area contributed by atoms with Crippen LogP contribution in [0.1, 0.15) is 81.3 Å². The summed E-state index contributed by atoms with van der Waals surface area (Å²) in [5.41, 5.74) is 5.10. The fourth-order valence-corrected chi connectivity index (χ4v) is 4.20. The Balaban J connectivity index is 2.43. The second-order valence-electron chi connectivity index (χ2n) is 8.72. The van der Waals surface area contributed by atoms with E-state index >= 15 is 0 Å². The summed E-state index contributed by atoms with van der Waals surface area (Å²) < 4.78 is 0. The molecule has 166 valence electrons. The normalized spacial score (nSPS) is 12.9. The summed E-state index contributed by atoms with van der Waals surface area (Å²) >= 11 is 0. The highest BCUT2D eigenvalue weighted by molar-refractivity contribution is 6.01. The number of carbonyl (C=O) groups excluding carboxylic acids is 2. The molecule has 0 spiro atoms. The summed E-state index contributed by atoms with van der Waals surface area (Å²) in [6.07, 6.45) is 0.341. The van der Waals surface area contributed by atoms with Crippen molar-refractivity contribution < 1.29 is 19.8 Å². The molecule has 0 saturated carbocycles. The number of phenolic OH excluding ortho intramolecular Hbond substituents is 2. The van der Waals surface area contributed by atoms with Crippen LogP contribution in [0.3, 0.4) is 0 Å². The lowest BCUT2D eigenvalue weighted by Gasteiger charge is -2.34. The molecule has 1 unspecified atom stereocenters. The van der Waals surface area contributed by atoms with E-state index in [1.807, 2.05) is 64.1 Å². The van der Waals surface area contributed by atoms with Crippen molar-refractivity contribution in [3.05, 3.63) is 93.0 Å². The molecular formula is C28H30O4. The minimum atomic E-state index is -0.740.